The van der Waals surface area contributed by atoms with Crippen LogP contribution in [0.2, 0.25) is 0 Å². The summed E-state index contributed by atoms with van der Waals surface area (Å²) in [5, 5.41) is 9.01. The first-order valence-corrected chi connectivity index (χ1v) is 32.0. The summed E-state index contributed by atoms with van der Waals surface area (Å²) >= 11 is 0. The molecule has 0 bridgehead atoms. The van der Waals surface area contributed by atoms with E-state index in [2.05, 4.69) is 345 Å². The third-order valence-electron chi connectivity index (χ3n) is 19.4. The SMILES string of the molecule is CC1(C)c2ccccc2-c2ccc(N(c3cc4oc5ccc(-c6ccc7ccc(N(c8ccc(-c9ccccc9)cc8)c8ccc(-c9cc%10oc%11ccccc%11c%10cc9-c9ccccc9)cc8)cc7c6)cc5c4cc3-c3ccccc3)c3cccc4ccccc34)cc21. The first-order chi connectivity index (χ1) is 45.8. The van der Waals surface area contributed by atoms with Crippen LogP contribution in [0.4, 0.5) is 34.1 Å². The second kappa shape index (κ2) is 21.6. The van der Waals surface area contributed by atoms with Gasteiger partial charge in [-0.3, -0.25) is 0 Å². The van der Waals surface area contributed by atoms with E-state index >= 15 is 0 Å². The quantitative estimate of drug-likeness (QED) is 0.129. The van der Waals surface area contributed by atoms with E-state index < -0.39 is 0 Å². The molecule has 17 aromatic rings. The van der Waals surface area contributed by atoms with Crippen LogP contribution in [-0.2, 0) is 5.41 Å². The summed E-state index contributed by atoms with van der Waals surface area (Å²) < 4.78 is 13.5. The molecular weight excluding hydrogens is 1130 g/mol. The number of furan rings is 2. The maximum Gasteiger partial charge on any atom is 0.137 e. The van der Waals surface area contributed by atoms with Crippen molar-refractivity contribution >= 4 is 99.5 Å². The van der Waals surface area contributed by atoms with Gasteiger partial charge in [0.1, 0.15) is 22.3 Å². The average molecular weight is 1190 g/mol. The van der Waals surface area contributed by atoms with Crippen molar-refractivity contribution in [3.8, 4) is 66.8 Å². The van der Waals surface area contributed by atoms with Gasteiger partial charge < -0.3 is 18.6 Å². The van der Waals surface area contributed by atoms with Gasteiger partial charge in [0.15, 0.2) is 0 Å². The van der Waals surface area contributed by atoms with Crippen molar-refractivity contribution in [1.82, 2.24) is 0 Å². The van der Waals surface area contributed by atoms with Crippen LogP contribution in [0, 0.1) is 0 Å². The fourth-order valence-electron chi connectivity index (χ4n) is 14.8. The molecule has 4 heteroatoms. The smallest absolute Gasteiger partial charge is 0.137 e. The third kappa shape index (κ3) is 9.13. The van der Waals surface area contributed by atoms with Gasteiger partial charge in [0.2, 0.25) is 0 Å². The molecule has 1 aliphatic carbocycles. The summed E-state index contributed by atoms with van der Waals surface area (Å²) in [6, 6.07) is 119. The van der Waals surface area contributed by atoms with Crippen LogP contribution in [0.15, 0.2) is 336 Å². The first kappa shape index (κ1) is 54.0. The fourth-order valence-corrected chi connectivity index (χ4v) is 14.8. The molecule has 2 aromatic heterocycles. The summed E-state index contributed by atoms with van der Waals surface area (Å²) in [4.78, 5) is 4.84. The first-order valence-electron chi connectivity index (χ1n) is 32.0. The second-order valence-electron chi connectivity index (χ2n) is 25.2. The molecule has 0 amide bonds. The van der Waals surface area contributed by atoms with Crippen LogP contribution in [0.5, 0.6) is 0 Å². The average Bonchev–Trinajstić information content (AvgIpc) is 1.64. The molecule has 15 aromatic carbocycles. The van der Waals surface area contributed by atoms with Crippen molar-refractivity contribution in [3.63, 3.8) is 0 Å². The van der Waals surface area contributed by atoms with Crippen molar-refractivity contribution in [1.29, 1.82) is 0 Å². The Bertz CT molecular complexity index is 5760. The van der Waals surface area contributed by atoms with Crippen molar-refractivity contribution in [2.24, 2.45) is 0 Å². The van der Waals surface area contributed by atoms with E-state index in [0.29, 0.717) is 0 Å². The minimum atomic E-state index is -0.185. The number of anilines is 6. The van der Waals surface area contributed by atoms with Gasteiger partial charge in [0.25, 0.3) is 0 Å². The number of benzene rings is 15. The third-order valence-corrected chi connectivity index (χ3v) is 19.4. The summed E-state index contributed by atoms with van der Waals surface area (Å²) in [5.41, 5.74) is 26.3. The highest BCUT2D eigenvalue weighted by Gasteiger charge is 2.36. The molecule has 0 unspecified atom stereocenters. The zero-order valence-electron chi connectivity index (χ0n) is 51.4. The molecule has 93 heavy (non-hydrogen) atoms. The molecule has 0 aliphatic heterocycles. The number of rotatable bonds is 11. The molecule has 2 heterocycles. The standard InChI is InChI=1S/C89H60N2O2/c1-89(2)81-30-16-14-28-72(81)73-47-46-70(52-82(73)89)91(83-31-18-26-60-25-12-13-27-71(60)83)84-56-88-80(54-77(84)62-23-10-5-11-24-62)78-51-65(40-48-86(78)93-88)64-34-33-59-37-45-69(50-66(59)49-64)90(67-41-35-58(36-42-67)57-19-6-3-7-20-57)68-43-38-63(39-44-68)76-55-87-79(74-29-15-17-32-85(74)92-87)53-75(76)61-21-8-4-9-22-61/h3-56H,1-2H3. The molecule has 0 radical (unpaired) electrons. The maximum atomic E-state index is 7.01. The van der Waals surface area contributed by atoms with Crippen molar-refractivity contribution in [2.45, 2.75) is 19.3 Å². The molecule has 438 valence electrons. The molecule has 0 saturated heterocycles. The Kier molecular flexibility index (Phi) is 12.6. The Morgan fingerprint density at radius 1 is 0.226 bits per heavy atom. The Morgan fingerprint density at radius 3 is 1.49 bits per heavy atom. The second-order valence-corrected chi connectivity index (χ2v) is 25.2. The topological polar surface area (TPSA) is 32.8 Å². The lowest BCUT2D eigenvalue weighted by molar-refractivity contribution is 0.660. The molecule has 0 N–H and O–H groups in total. The van der Waals surface area contributed by atoms with Gasteiger partial charge in [-0.15, -0.1) is 0 Å². The van der Waals surface area contributed by atoms with Gasteiger partial charge in [-0.1, -0.05) is 238 Å². The lowest BCUT2D eigenvalue weighted by atomic mass is 9.82. The van der Waals surface area contributed by atoms with Crippen molar-refractivity contribution in [3.05, 3.63) is 339 Å². The highest BCUT2D eigenvalue weighted by molar-refractivity contribution is 6.13. The molecule has 0 spiro atoms. The number of para-hydroxylation sites is 1. The predicted octanol–water partition coefficient (Wildman–Crippen LogP) is 25.4. The largest absolute Gasteiger partial charge is 0.456 e. The molecule has 0 atom stereocenters. The van der Waals surface area contributed by atoms with Gasteiger partial charge in [0.05, 0.1) is 11.4 Å². The van der Waals surface area contributed by atoms with Gasteiger partial charge in [-0.2, -0.15) is 0 Å². The number of fused-ring (bicyclic) bond motifs is 11. The zero-order chi connectivity index (χ0) is 61.7. The minimum Gasteiger partial charge on any atom is -0.456 e. The van der Waals surface area contributed by atoms with Crippen molar-refractivity contribution < 1.29 is 8.83 Å². The molecule has 1 aliphatic rings. The van der Waals surface area contributed by atoms with Crippen LogP contribution in [0.3, 0.4) is 0 Å². The van der Waals surface area contributed by atoms with E-state index in [9.17, 15) is 0 Å². The zero-order valence-corrected chi connectivity index (χ0v) is 51.4. The Hall–Kier alpha value is -12.0. The van der Waals surface area contributed by atoms with Crippen LogP contribution in [0.25, 0.3) is 132 Å². The monoisotopic (exact) mass is 1190 g/mol. The summed E-state index contributed by atoms with van der Waals surface area (Å²) in [6.45, 7) is 4.72. The predicted molar refractivity (Wildman–Crippen MR) is 390 cm³/mol. The van der Waals surface area contributed by atoms with Gasteiger partial charge in [-0.25, -0.2) is 0 Å². The lowest BCUT2D eigenvalue weighted by Crippen LogP contribution is -2.17. The number of nitrogens with zero attached hydrogens (tertiary/aromatic N) is 2. The van der Waals surface area contributed by atoms with Crippen LogP contribution < -0.4 is 9.80 Å². The van der Waals surface area contributed by atoms with Crippen LogP contribution in [-0.4, -0.2) is 0 Å². The van der Waals surface area contributed by atoms with Gasteiger partial charge in [-0.05, 0) is 186 Å². The van der Waals surface area contributed by atoms with E-state index in [-0.39, 0.29) is 5.41 Å². The highest BCUT2D eigenvalue weighted by Crippen LogP contribution is 2.53. The van der Waals surface area contributed by atoms with E-state index in [1.165, 1.54) is 44.2 Å². The van der Waals surface area contributed by atoms with E-state index in [0.717, 1.165) is 133 Å². The van der Waals surface area contributed by atoms with E-state index in [4.69, 9.17) is 8.83 Å². The van der Waals surface area contributed by atoms with E-state index in [1.807, 2.05) is 6.07 Å². The fraction of sp³-hybridized carbons (Fsp3) is 0.0337. The van der Waals surface area contributed by atoms with Crippen LogP contribution in [0.1, 0.15) is 25.0 Å². The Morgan fingerprint density at radius 2 is 0.720 bits per heavy atom. The van der Waals surface area contributed by atoms with Gasteiger partial charge in [0, 0.05) is 66.7 Å². The van der Waals surface area contributed by atoms with Crippen molar-refractivity contribution in [2.75, 3.05) is 9.80 Å². The Labute approximate surface area is 539 Å². The number of hydrogen-bond donors (Lipinski definition) is 0. The lowest BCUT2D eigenvalue weighted by Gasteiger charge is -2.30. The Balaban J connectivity index is 0.750. The van der Waals surface area contributed by atoms with E-state index in [1.54, 1.807) is 0 Å². The summed E-state index contributed by atoms with van der Waals surface area (Å²) in [7, 11) is 0. The molecule has 4 nitrogen and oxygen atoms in total. The summed E-state index contributed by atoms with van der Waals surface area (Å²) in [5.74, 6) is 0. The molecular formula is C89H60N2O2. The highest BCUT2D eigenvalue weighted by atomic mass is 16.3. The minimum absolute atomic E-state index is 0.185. The molecule has 18 rings (SSSR count). The summed E-state index contributed by atoms with van der Waals surface area (Å²) in [6.07, 6.45) is 0. The number of hydrogen-bond acceptors (Lipinski definition) is 4. The normalized spacial score (nSPS) is 12.5. The molecule has 0 saturated carbocycles. The maximum absolute atomic E-state index is 7.01. The van der Waals surface area contributed by atoms with Crippen LogP contribution >= 0.6 is 0 Å². The van der Waals surface area contributed by atoms with Gasteiger partial charge >= 0.3 is 0 Å². The molecule has 0 fully saturated rings.